The van der Waals surface area contributed by atoms with E-state index in [1.165, 1.54) is 17.7 Å². The van der Waals surface area contributed by atoms with E-state index in [2.05, 4.69) is 17.4 Å². The van der Waals surface area contributed by atoms with Crippen molar-refractivity contribution in [3.05, 3.63) is 65.2 Å². The van der Waals surface area contributed by atoms with E-state index in [1.807, 2.05) is 18.2 Å². The van der Waals surface area contributed by atoms with Crippen molar-refractivity contribution in [3.63, 3.8) is 0 Å². The first-order chi connectivity index (χ1) is 11.6. The van der Waals surface area contributed by atoms with Crippen LogP contribution >= 0.6 is 0 Å². The first-order valence-corrected chi connectivity index (χ1v) is 7.92. The number of hydrogen-bond acceptors (Lipinski definition) is 3. The zero-order chi connectivity index (χ0) is 17.1. The van der Waals surface area contributed by atoms with Crippen LogP contribution in [0.15, 0.2) is 48.5 Å². The zero-order valence-electron chi connectivity index (χ0n) is 13.1. The number of carbonyl (C=O) groups excluding carboxylic acids is 1. The number of nitrogens with one attached hydrogen (secondary N) is 1. The summed E-state index contributed by atoms with van der Waals surface area (Å²) in [5, 5.41) is 21.8. The Morgan fingerprint density at radius 3 is 2.54 bits per heavy atom. The molecule has 0 unspecified atom stereocenters. The highest BCUT2D eigenvalue weighted by Crippen LogP contribution is 2.46. The Labute approximate surface area is 139 Å². The Kier molecular flexibility index (Phi) is 4.51. The Morgan fingerprint density at radius 1 is 1.08 bits per heavy atom. The maximum Gasteiger partial charge on any atom is 0.307 e. The number of rotatable bonds is 6. The number of para-hydroxylation sites is 1. The third kappa shape index (κ3) is 3.56. The van der Waals surface area contributed by atoms with Gasteiger partial charge in [0.1, 0.15) is 5.75 Å². The number of benzene rings is 2. The summed E-state index contributed by atoms with van der Waals surface area (Å²) in [5.74, 6) is -0.808. The van der Waals surface area contributed by atoms with Crippen LogP contribution < -0.4 is 5.32 Å². The molecule has 0 radical (unpaired) electrons. The highest BCUT2D eigenvalue weighted by atomic mass is 16.4. The maximum atomic E-state index is 12.3. The molecule has 2 aromatic carbocycles. The number of carboxylic acids is 1. The molecule has 1 amide bonds. The molecule has 5 nitrogen and oxygen atoms in total. The molecule has 3 N–H and O–H groups in total. The third-order valence-electron chi connectivity index (χ3n) is 4.38. The number of hydrogen-bond donors (Lipinski definition) is 3. The molecular formula is C19H19NO4. The summed E-state index contributed by atoms with van der Waals surface area (Å²) < 4.78 is 0. The van der Waals surface area contributed by atoms with Gasteiger partial charge in [-0.1, -0.05) is 42.5 Å². The van der Waals surface area contributed by atoms with Crippen molar-refractivity contribution in [2.45, 2.75) is 18.8 Å². The van der Waals surface area contributed by atoms with Crippen LogP contribution in [0.2, 0.25) is 0 Å². The fraction of sp³-hybridized carbons (Fsp3) is 0.263. The van der Waals surface area contributed by atoms with E-state index in [9.17, 15) is 14.7 Å². The number of amides is 1. The molecule has 24 heavy (non-hydrogen) atoms. The van der Waals surface area contributed by atoms with Crippen LogP contribution in [0.1, 0.15) is 33.8 Å². The van der Waals surface area contributed by atoms with E-state index in [-0.39, 0.29) is 29.2 Å². The van der Waals surface area contributed by atoms with E-state index < -0.39 is 5.97 Å². The van der Waals surface area contributed by atoms with Crippen LogP contribution in [-0.2, 0) is 11.2 Å². The molecule has 1 aliphatic rings. The smallest absolute Gasteiger partial charge is 0.307 e. The van der Waals surface area contributed by atoms with Gasteiger partial charge < -0.3 is 15.5 Å². The summed E-state index contributed by atoms with van der Waals surface area (Å²) in [4.78, 5) is 23.0. The van der Waals surface area contributed by atoms with Crippen LogP contribution in [0, 0.1) is 5.92 Å². The highest BCUT2D eigenvalue weighted by molar-refractivity contribution is 5.97. The van der Waals surface area contributed by atoms with Crippen molar-refractivity contribution in [2.24, 2.45) is 5.92 Å². The minimum Gasteiger partial charge on any atom is -0.507 e. The van der Waals surface area contributed by atoms with Crippen molar-refractivity contribution in [1.29, 1.82) is 0 Å². The standard InChI is InChI=1S/C19H19NO4/c21-17(22)10-13-7-4-8-15(18(13)23)19(24)20-11-14-9-16(14)12-5-2-1-3-6-12/h1-8,14,16,23H,9-11H2,(H,20,24)(H,21,22)/t14-,16-/m0/s1. The summed E-state index contributed by atoms with van der Waals surface area (Å²) in [6.45, 7) is 0.543. The fourth-order valence-corrected chi connectivity index (χ4v) is 2.98. The number of phenols is 1. The Morgan fingerprint density at radius 2 is 1.83 bits per heavy atom. The van der Waals surface area contributed by atoms with Crippen molar-refractivity contribution in [1.82, 2.24) is 5.32 Å². The number of aliphatic carboxylic acids is 1. The van der Waals surface area contributed by atoms with Gasteiger partial charge in [-0.3, -0.25) is 9.59 Å². The summed E-state index contributed by atoms with van der Waals surface area (Å²) in [6, 6.07) is 14.8. The lowest BCUT2D eigenvalue weighted by atomic mass is 10.1. The molecule has 3 rings (SSSR count). The summed E-state index contributed by atoms with van der Waals surface area (Å²) in [5.41, 5.74) is 1.64. The van der Waals surface area contributed by atoms with Gasteiger partial charge in [0.15, 0.2) is 0 Å². The molecule has 1 aliphatic carbocycles. The molecule has 1 fully saturated rings. The predicted molar refractivity (Wildman–Crippen MR) is 89.1 cm³/mol. The summed E-state index contributed by atoms with van der Waals surface area (Å²) in [6.07, 6.45) is 0.723. The molecular weight excluding hydrogens is 306 g/mol. The fourth-order valence-electron chi connectivity index (χ4n) is 2.98. The SMILES string of the molecule is O=C(O)Cc1cccc(C(=O)NC[C@@H]2C[C@H]2c2ccccc2)c1O. The van der Waals surface area contributed by atoms with Gasteiger partial charge in [0, 0.05) is 12.1 Å². The van der Waals surface area contributed by atoms with Crippen LogP contribution in [0.5, 0.6) is 5.75 Å². The molecule has 124 valence electrons. The van der Waals surface area contributed by atoms with Crippen LogP contribution in [0.3, 0.4) is 0 Å². The van der Waals surface area contributed by atoms with Gasteiger partial charge in [-0.05, 0) is 29.9 Å². The molecule has 0 saturated heterocycles. The van der Waals surface area contributed by atoms with E-state index >= 15 is 0 Å². The summed E-state index contributed by atoms with van der Waals surface area (Å²) >= 11 is 0. The van der Waals surface area contributed by atoms with Crippen molar-refractivity contribution in [3.8, 4) is 5.75 Å². The zero-order valence-corrected chi connectivity index (χ0v) is 13.1. The minimum absolute atomic E-state index is 0.116. The molecule has 0 heterocycles. The van der Waals surface area contributed by atoms with E-state index in [0.717, 1.165) is 6.42 Å². The lowest BCUT2D eigenvalue weighted by molar-refractivity contribution is -0.136. The van der Waals surface area contributed by atoms with Gasteiger partial charge in [0.2, 0.25) is 0 Å². The second-order valence-corrected chi connectivity index (χ2v) is 6.11. The number of aromatic hydroxyl groups is 1. The monoisotopic (exact) mass is 325 g/mol. The lowest BCUT2D eigenvalue weighted by Crippen LogP contribution is -2.26. The van der Waals surface area contributed by atoms with E-state index in [0.29, 0.717) is 18.4 Å². The topological polar surface area (TPSA) is 86.6 Å². The Bertz CT molecular complexity index is 757. The first-order valence-electron chi connectivity index (χ1n) is 7.92. The first kappa shape index (κ1) is 16.1. The van der Waals surface area contributed by atoms with E-state index in [4.69, 9.17) is 5.11 Å². The van der Waals surface area contributed by atoms with Gasteiger partial charge in [-0.25, -0.2) is 0 Å². The maximum absolute atomic E-state index is 12.3. The van der Waals surface area contributed by atoms with Crippen molar-refractivity contribution < 1.29 is 19.8 Å². The Hall–Kier alpha value is -2.82. The predicted octanol–water partition coefficient (Wildman–Crippen LogP) is 2.55. The average molecular weight is 325 g/mol. The molecule has 0 aromatic heterocycles. The number of phenolic OH excluding ortho intramolecular Hbond substituents is 1. The minimum atomic E-state index is -1.05. The van der Waals surface area contributed by atoms with Gasteiger partial charge >= 0.3 is 5.97 Å². The van der Waals surface area contributed by atoms with Gasteiger partial charge in [-0.2, -0.15) is 0 Å². The van der Waals surface area contributed by atoms with Crippen LogP contribution in [-0.4, -0.2) is 28.6 Å². The average Bonchev–Trinajstić information content (AvgIpc) is 3.35. The Balaban J connectivity index is 1.59. The molecule has 0 spiro atoms. The van der Waals surface area contributed by atoms with E-state index in [1.54, 1.807) is 6.07 Å². The molecule has 2 atom stereocenters. The largest absolute Gasteiger partial charge is 0.507 e. The normalized spacial score (nSPS) is 18.8. The summed E-state index contributed by atoms with van der Waals surface area (Å²) in [7, 11) is 0. The molecule has 1 saturated carbocycles. The lowest BCUT2D eigenvalue weighted by Gasteiger charge is -2.09. The molecule has 0 bridgehead atoms. The highest BCUT2D eigenvalue weighted by Gasteiger charge is 2.38. The second kappa shape index (κ2) is 6.74. The molecule has 2 aromatic rings. The van der Waals surface area contributed by atoms with Gasteiger partial charge in [-0.15, -0.1) is 0 Å². The number of carboxylic acid groups (broad SMARTS) is 1. The second-order valence-electron chi connectivity index (χ2n) is 6.11. The van der Waals surface area contributed by atoms with Crippen molar-refractivity contribution >= 4 is 11.9 Å². The van der Waals surface area contributed by atoms with Crippen LogP contribution in [0.4, 0.5) is 0 Å². The van der Waals surface area contributed by atoms with Crippen molar-refractivity contribution in [2.75, 3.05) is 6.54 Å². The number of carbonyl (C=O) groups is 2. The van der Waals surface area contributed by atoms with Gasteiger partial charge in [0.05, 0.1) is 12.0 Å². The third-order valence-corrected chi connectivity index (χ3v) is 4.38. The van der Waals surface area contributed by atoms with Crippen LogP contribution in [0.25, 0.3) is 0 Å². The molecule has 0 aliphatic heterocycles. The molecule has 5 heteroatoms. The quantitative estimate of drug-likeness (QED) is 0.762. The van der Waals surface area contributed by atoms with Gasteiger partial charge in [0.25, 0.3) is 5.91 Å².